The van der Waals surface area contributed by atoms with Crippen LogP contribution in [0.3, 0.4) is 0 Å². The van der Waals surface area contributed by atoms with Gasteiger partial charge in [0.15, 0.2) is 0 Å². The monoisotopic (exact) mass is 336 g/mol. The van der Waals surface area contributed by atoms with Crippen LogP contribution in [0.15, 0.2) is 42.2 Å². The van der Waals surface area contributed by atoms with E-state index in [4.69, 9.17) is 10.5 Å². The third-order valence-corrected chi connectivity index (χ3v) is 4.28. The number of esters is 1. The third-order valence-electron chi connectivity index (χ3n) is 4.28. The largest absolute Gasteiger partial charge is 0.465 e. The van der Waals surface area contributed by atoms with Crippen molar-refractivity contribution in [1.29, 1.82) is 0 Å². The number of nitrogens with one attached hydrogen (secondary N) is 3. The van der Waals surface area contributed by atoms with Crippen LogP contribution in [0.2, 0.25) is 0 Å². The fraction of sp³-hybridized carbons (Fsp3) is 0.111. The summed E-state index contributed by atoms with van der Waals surface area (Å²) in [6.07, 6.45) is 0. The summed E-state index contributed by atoms with van der Waals surface area (Å²) < 4.78 is 4.76. The molecule has 2 aliphatic rings. The number of nitrogens with two attached hydrogens (primary N) is 1. The van der Waals surface area contributed by atoms with Gasteiger partial charge < -0.3 is 26.4 Å². The molecule has 0 atom stereocenters. The van der Waals surface area contributed by atoms with Gasteiger partial charge in [-0.3, -0.25) is 4.79 Å². The summed E-state index contributed by atoms with van der Waals surface area (Å²) in [5.41, 5.74) is 10.6. The fourth-order valence-electron chi connectivity index (χ4n) is 3.06. The molecular formula is C18H16N4O3. The van der Waals surface area contributed by atoms with Crippen LogP contribution in [-0.4, -0.2) is 19.0 Å². The Bertz CT molecular complexity index is 949. The Kier molecular flexibility index (Phi) is 3.35. The van der Waals surface area contributed by atoms with Gasteiger partial charge in [-0.05, 0) is 42.0 Å². The molecule has 2 aliphatic heterocycles. The minimum Gasteiger partial charge on any atom is -0.465 e. The van der Waals surface area contributed by atoms with Crippen molar-refractivity contribution in [3.63, 3.8) is 0 Å². The molecule has 4 rings (SSSR count). The predicted molar refractivity (Wildman–Crippen MR) is 94.6 cm³/mol. The fourth-order valence-corrected chi connectivity index (χ4v) is 3.06. The zero-order valence-electron chi connectivity index (χ0n) is 13.5. The highest BCUT2D eigenvalue weighted by molar-refractivity contribution is 6.32. The zero-order chi connectivity index (χ0) is 17.6. The molecule has 7 heteroatoms. The molecular weight excluding hydrogens is 320 g/mol. The number of hydrogen-bond acceptors (Lipinski definition) is 6. The number of benzene rings is 2. The normalized spacial score (nSPS) is 17.7. The maximum Gasteiger partial charge on any atom is 0.337 e. The van der Waals surface area contributed by atoms with Crippen molar-refractivity contribution in [1.82, 2.24) is 5.32 Å². The summed E-state index contributed by atoms with van der Waals surface area (Å²) >= 11 is 0. The smallest absolute Gasteiger partial charge is 0.337 e. The van der Waals surface area contributed by atoms with E-state index in [0.717, 1.165) is 11.3 Å². The Balaban J connectivity index is 1.79. The number of anilines is 3. The first-order chi connectivity index (χ1) is 12.1. The van der Waals surface area contributed by atoms with E-state index < -0.39 is 5.97 Å². The molecule has 0 bridgehead atoms. The SMILES string of the molecule is COC(=O)c1ccc2c(c1)/C(=C1\NCc3cc(N)ccc3N1)C(=O)N2. The van der Waals surface area contributed by atoms with E-state index in [9.17, 15) is 9.59 Å². The molecule has 126 valence electrons. The number of hydrogen-bond donors (Lipinski definition) is 4. The van der Waals surface area contributed by atoms with Gasteiger partial charge in [0.1, 0.15) is 5.82 Å². The molecule has 0 radical (unpaired) electrons. The van der Waals surface area contributed by atoms with Crippen LogP contribution in [0.25, 0.3) is 5.57 Å². The van der Waals surface area contributed by atoms with Crippen LogP contribution < -0.4 is 21.7 Å². The van der Waals surface area contributed by atoms with Gasteiger partial charge in [0.25, 0.3) is 5.91 Å². The van der Waals surface area contributed by atoms with E-state index in [-0.39, 0.29) is 5.91 Å². The Labute approximate surface area is 143 Å². The molecule has 0 aromatic heterocycles. The molecule has 0 saturated heterocycles. The Morgan fingerprint density at radius 2 is 1.92 bits per heavy atom. The van der Waals surface area contributed by atoms with Crippen molar-refractivity contribution < 1.29 is 14.3 Å². The Hall–Kier alpha value is -3.48. The van der Waals surface area contributed by atoms with E-state index >= 15 is 0 Å². The minimum atomic E-state index is -0.447. The zero-order valence-corrected chi connectivity index (χ0v) is 13.5. The number of carbonyl (C=O) groups is 2. The number of methoxy groups -OCH3 is 1. The molecule has 1 amide bonds. The quantitative estimate of drug-likeness (QED) is 0.360. The van der Waals surface area contributed by atoms with Gasteiger partial charge in [-0.2, -0.15) is 0 Å². The van der Waals surface area contributed by atoms with Crippen molar-refractivity contribution in [2.45, 2.75) is 6.54 Å². The topological polar surface area (TPSA) is 105 Å². The summed E-state index contributed by atoms with van der Waals surface area (Å²) in [6.45, 7) is 0.547. The molecule has 0 spiro atoms. The molecule has 2 aromatic rings. The molecule has 7 nitrogen and oxygen atoms in total. The summed E-state index contributed by atoms with van der Waals surface area (Å²) in [5.74, 6) is -0.0849. The Morgan fingerprint density at radius 3 is 2.72 bits per heavy atom. The Morgan fingerprint density at radius 1 is 1.12 bits per heavy atom. The van der Waals surface area contributed by atoms with E-state index in [1.165, 1.54) is 7.11 Å². The van der Waals surface area contributed by atoms with Gasteiger partial charge in [-0.15, -0.1) is 0 Å². The molecule has 5 N–H and O–H groups in total. The average molecular weight is 336 g/mol. The summed E-state index contributed by atoms with van der Waals surface area (Å²) in [6, 6.07) is 10.5. The lowest BCUT2D eigenvalue weighted by atomic mass is 10.0. The maximum atomic E-state index is 12.5. The molecule has 0 aliphatic carbocycles. The van der Waals surface area contributed by atoms with E-state index in [1.807, 2.05) is 12.1 Å². The highest BCUT2D eigenvalue weighted by Crippen LogP contribution is 2.36. The van der Waals surface area contributed by atoms with Crippen LogP contribution >= 0.6 is 0 Å². The van der Waals surface area contributed by atoms with Gasteiger partial charge in [0, 0.05) is 29.2 Å². The van der Waals surface area contributed by atoms with Crippen molar-refractivity contribution in [2.75, 3.05) is 23.5 Å². The van der Waals surface area contributed by atoms with Gasteiger partial charge in [-0.25, -0.2) is 4.79 Å². The first-order valence-electron chi connectivity index (χ1n) is 7.74. The molecule has 0 saturated carbocycles. The highest BCUT2D eigenvalue weighted by Gasteiger charge is 2.30. The maximum absolute atomic E-state index is 12.5. The summed E-state index contributed by atoms with van der Waals surface area (Å²) in [7, 11) is 1.32. The average Bonchev–Trinajstić information content (AvgIpc) is 2.95. The number of rotatable bonds is 1. The second kappa shape index (κ2) is 5.55. The predicted octanol–water partition coefficient (Wildman–Crippen LogP) is 1.89. The van der Waals surface area contributed by atoms with Gasteiger partial charge >= 0.3 is 5.97 Å². The highest BCUT2D eigenvalue weighted by atomic mass is 16.5. The lowest BCUT2D eigenvalue weighted by molar-refractivity contribution is -0.110. The van der Waals surface area contributed by atoms with Crippen molar-refractivity contribution in [3.05, 3.63) is 58.9 Å². The molecule has 0 fully saturated rings. The van der Waals surface area contributed by atoms with E-state index in [1.54, 1.807) is 24.3 Å². The van der Waals surface area contributed by atoms with Crippen molar-refractivity contribution in [3.8, 4) is 0 Å². The third kappa shape index (κ3) is 2.46. The van der Waals surface area contributed by atoms with Crippen LogP contribution in [0.1, 0.15) is 21.5 Å². The number of fused-ring (bicyclic) bond motifs is 2. The van der Waals surface area contributed by atoms with Crippen LogP contribution in [0.5, 0.6) is 0 Å². The first-order valence-corrected chi connectivity index (χ1v) is 7.74. The molecule has 25 heavy (non-hydrogen) atoms. The van der Waals surface area contributed by atoms with Gasteiger partial charge in [-0.1, -0.05) is 0 Å². The van der Waals surface area contributed by atoms with Crippen molar-refractivity contribution in [2.24, 2.45) is 0 Å². The van der Waals surface area contributed by atoms with Crippen molar-refractivity contribution >= 4 is 34.5 Å². The molecule has 0 unspecified atom stereocenters. The standard InChI is InChI=1S/C18H16N4O3/c1-25-18(24)9-2-4-14-12(7-9)15(17(23)22-14)16-20-8-10-6-11(19)3-5-13(10)21-16/h2-7,20-21H,8,19H2,1H3,(H,22,23)/b16-15-. The second-order valence-corrected chi connectivity index (χ2v) is 5.85. The van der Waals surface area contributed by atoms with Crippen LogP contribution in [-0.2, 0) is 16.1 Å². The van der Waals surface area contributed by atoms with Crippen LogP contribution in [0, 0.1) is 0 Å². The first kappa shape index (κ1) is 15.1. The summed E-state index contributed by atoms with van der Waals surface area (Å²) in [5, 5.41) is 9.26. The van der Waals surface area contributed by atoms with E-state index in [0.29, 0.717) is 40.4 Å². The molecule has 2 aromatic carbocycles. The molecule has 2 heterocycles. The van der Waals surface area contributed by atoms with Crippen LogP contribution in [0.4, 0.5) is 17.1 Å². The number of amides is 1. The van der Waals surface area contributed by atoms with E-state index in [2.05, 4.69) is 16.0 Å². The number of nitrogen functional groups attached to an aromatic ring is 1. The lowest BCUT2D eigenvalue weighted by Crippen LogP contribution is -2.28. The lowest BCUT2D eigenvalue weighted by Gasteiger charge is -2.24. The summed E-state index contributed by atoms with van der Waals surface area (Å²) in [4.78, 5) is 24.2. The number of ether oxygens (including phenoxy) is 1. The minimum absolute atomic E-state index is 0.231. The van der Waals surface area contributed by atoms with Gasteiger partial charge in [0.05, 0.1) is 18.2 Å². The van der Waals surface area contributed by atoms with Gasteiger partial charge in [0.2, 0.25) is 0 Å². The second-order valence-electron chi connectivity index (χ2n) is 5.85. The number of carbonyl (C=O) groups excluding carboxylic acids is 2.